The second-order valence-electron chi connectivity index (χ2n) is 4.00. The van der Waals surface area contributed by atoms with Gasteiger partial charge in [-0.15, -0.1) is 0 Å². The predicted octanol–water partition coefficient (Wildman–Crippen LogP) is 3.16. The van der Waals surface area contributed by atoms with Crippen LogP contribution >= 0.6 is 0 Å². The molecule has 0 bridgehead atoms. The highest BCUT2D eigenvalue weighted by atomic mass is 16.3. The molecule has 0 aromatic heterocycles. The van der Waals surface area contributed by atoms with Crippen LogP contribution in [0.5, 0.6) is 0 Å². The molecule has 1 N–H and O–H groups in total. The third-order valence-corrected chi connectivity index (χ3v) is 2.93. The van der Waals surface area contributed by atoms with Crippen LogP contribution in [-0.2, 0) is 6.61 Å². The molecule has 1 aliphatic rings. The minimum atomic E-state index is 0.115. The summed E-state index contributed by atoms with van der Waals surface area (Å²) in [5.41, 5.74) is 3.55. The van der Waals surface area contributed by atoms with Crippen molar-refractivity contribution in [1.29, 1.82) is 0 Å². The molecule has 1 atom stereocenters. The molecule has 0 aliphatic heterocycles. The maximum Gasteiger partial charge on any atom is 0.0687 e. The first-order valence-corrected chi connectivity index (χ1v) is 5.38. The maximum atomic E-state index is 9.29. The lowest BCUT2D eigenvalue weighted by Gasteiger charge is -2.19. The Kier molecular flexibility index (Phi) is 3.02. The molecule has 78 valence electrons. The molecular formula is C14H16O. The van der Waals surface area contributed by atoms with Gasteiger partial charge in [-0.25, -0.2) is 0 Å². The fourth-order valence-electron chi connectivity index (χ4n) is 2.04. The Balaban J connectivity index is 2.44. The van der Waals surface area contributed by atoms with Crippen LogP contribution < -0.4 is 0 Å². The fraction of sp³-hybridized carbons (Fsp3) is 0.286. The van der Waals surface area contributed by atoms with Gasteiger partial charge in [-0.3, -0.25) is 0 Å². The molecule has 1 heteroatoms. The van der Waals surface area contributed by atoms with Crippen LogP contribution in [0.4, 0.5) is 0 Å². The van der Waals surface area contributed by atoms with E-state index in [1.165, 1.54) is 11.1 Å². The normalized spacial score (nSPS) is 20.1. The lowest BCUT2D eigenvalue weighted by Crippen LogP contribution is -2.03. The van der Waals surface area contributed by atoms with Gasteiger partial charge in [-0.05, 0) is 29.0 Å². The molecule has 1 aromatic carbocycles. The van der Waals surface area contributed by atoms with E-state index in [2.05, 4.69) is 31.2 Å². The summed E-state index contributed by atoms with van der Waals surface area (Å²) in [6, 6.07) is 8.08. The van der Waals surface area contributed by atoms with Crippen LogP contribution in [0, 0.1) is 5.92 Å². The van der Waals surface area contributed by atoms with Gasteiger partial charge >= 0.3 is 0 Å². The van der Waals surface area contributed by atoms with Gasteiger partial charge in [-0.2, -0.15) is 0 Å². The first kappa shape index (κ1) is 10.2. The third kappa shape index (κ3) is 2.02. The van der Waals surface area contributed by atoms with E-state index in [9.17, 15) is 5.11 Å². The predicted molar refractivity (Wildman–Crippen MR) is 63.3 cm³/mol. The van der Waals surface area contributed by atoms with Gasteiger partial charge in [0.1, 0.15) is 0 Å². The van der Waals surface area contributed by atoms with E-state index in [0.717, 1.165) is 12.0 Å². The molecule has 0 fully saturated rings. The van der Waals surface area contributed by atoms with Gasteiger partial charge in [0.15, 0.2) is 0 Å². The Morgan fingerprint density at radius 3 is 2.87 bits per heavy atom. The number of hydrogen-bond donors (Lipinski definition) is 1. The zero-order valence-electron chi connectivity index (χ0n) is 8.98. The summed E-state index contributed by atoms with van der Waals surface area (Å²) in [5, 5.41) is 9.29. The van der Waals surface area contributed by atoms with Gasteiger partial charge < -0.3 is 5.11 Å². The van der Waals surface area contributed by atoms with Gasteiger partial charge in [0.2, 0.25) is 0 Å². The molecule has 0 saturated heterocycles. The van der Waals surface area contributed by atoms with Crippen LogP contribution in [0.3, 0.4) is 0 Å². The van der Waals surface area contributed by atoms with Gasteiger partial charge in [0.05, 0.1) is 6.61 Å². The van der Waals surface area contributed by atoms with Gasteiger partial charge in [-0.1, -0.05) is 49.4 Å². The van der Waals surface area contributed by atoms with E-state index >= 15 is 0 Å². The van der Waals surface area contributed by atoms with E-state index in [1.54, 1.807) is 0 Å². The van der Waals surface area contributed by atoms with Crippen LogP contribution in [-0.4, -0.2) is 5.11 Å². The molecule has 0 saturated carbocycles. The van der Waals surface area contributed by atoms with Crippen molar-refractivity contribution in [2.45, 2.75) is 20.0 Å². The average molecular weight is 200 g/mol. The van der Waals surface area contributed by atoms with Crippen molar-refractivity contribution >= 4 is 5.57 Å². The zero-order valence-corrected chi connectivity index (χ0v) is 8.98. The largest absolute Gasteiger partial charge is 0.392 e. The number of aliphatic hydroxyl groups is 1. The summed E-state index contributed by atoms with van der Waals surface area (Å²) in [7, 11) is 0. The summed E-state index contributed by atoms with van der Waals surface area (Å²) in [4.78, 5) is 0. The van der Waals surface area contributed by atoms with Crippen LogP contribution in [0.2, 0.25) is 0 Å². The topological polar surface area (TPSA) is 20.2 Å². The van der Waals surface area contributed by atoms with Gasteiger partial charge in [0, 0.05) is 0 Å². The molecule has 1 unspecified atom stereocenters. The molecule has 0 radical (unpaired) electrons. The average Bonchev–Trinajstić information content (AvgIpc) is 2.30. The summed E-state index contributed by atoms with van der Waals surface area (Å²) in [6.07, 6.45) is 7.54. The van der Waals surface area contributed by atoms with E-state index < -0.39 is 0 Å². The van der Waals surface area contributed by atoms with E-state index in [0.29, 0.717) is 5.92 Å². The monoisotopic (exact) mass is 200 g/mol. The summed E-state index contributed by atoms with van der Waals surface area (Å²) >= 11 is 0. The quantitative estimate of drug-likeness (QED) is 0.777. The fourth-order valence-corrected chi connectivity index (χ4v) is 2.04. The number of benzene rings is 1. The maximum absolute atomic E-state index is 9.29. The van der Waals surface area contributed by atoms with Crippen molar-refractivity contribution in [2.75, 3.05) is 0 Å². The van der Waals surface area contributed by atoms with E-state index in [4.69, 9.17) is 0 Å². The summed E-state index contributed by atoms with van der Waals surface area (Å²) < 4.78 is 0. The zero-order chi connectivity index (χ0) is 10.7. The van der Waals surface area contributed by atoms with Crippen molar-refractivity contribution in [3.8, 4) is 0 Å². The number of aliphatic hydroxyl groups excluding tert-OH is 1. The Bertz CT molecular complexity index is 402. The van der Waals surface area contributed by atoms with Crippen LogP contribution in [0.25, 0.3) is 5.57 Å². The first-order valence-electron chi connectivity index (χ1n) is 5.38. The highest BCUT2D eigenvalue weighted by Gasteiger charge is 2.14. The molecule has 0 heterocycles. The number of allylic oxidation sites excluding steroid dienone is 4. The molecule has 2 rings (SSSR count). The molecular weight excluding hydrogens is 184 g/mol. The van der Waals surface area contributed by atoms with Crippen molar-refractivity contribution in [3.63, 3.8) is 0 Å². The van der Waals surface area contributed by atoms with Crippen molar-refractivity contribution in [1.82, 2.24) is 0 Å². The van der Waals surface area contributed by atoms with Crippen molar-refractivity contribution < 1.29 is 5.11 Å². The Morgan fingerprint density at radius 2 is 2.13 bits per heavy atom. The first-order chi connectivity index (χ1) is 7.33. The molecule has 1 nitrogen and oxygen atoms in total. The molecule has 1 aromatic rings. The molecule has 0 amide bonds. The summed E-state index contributed by atoms with van der Waals surface area (Å²) in [6.45, 7) is 2.34. The second-order valence-corrected chi connectivity index (χ2v) is 4.00. The minimum Gasteiger partial charge on any atom is -0.392 e. The Labute approximate surface area is 90.8 Å². The molecule has 1 aliphatic carbocycles. The van der Waals surface area contributed by atoms with Gasteiger partial charge in [0.25, 0.3) is 0 Å². The van der Waals surface area contributed by atoms with Crippen molar-refractivity contribution in [3.05, 3.63) is 53.6 Å². The number of rotatable bonds is 2. The van der Waals surface area contributed by atoms with E-state index in [-0.39, 0.29) is 6.61 Å². The summed E-state index contributed by atoms with van der Waals surface area (Å²) in [5.74, 6) is 0.544. The minimum absolute atomic E-state index is 0.115. The van der Waals surface area contributed by atoms with Crippen LogP contribution in [0.15, 0.2) is 42.5 Å². The SMILES string of the molecule is CC1CC=CC=C1c1ccccc1CO. The highest BCUT2D eigenvalue weighted by Crippen LogP contribution is 2.31. The molecule has 15 heavy (non-hydrogen) atoms. The lowest BCUT2D eigenvalue weighted by molar-refractivity contribution is 0.281. The highest BCUT2D eigenvalue weighted by molar-refractivity contribution is 5.72. The lowest BCUT2D eigenvalue weighted by atomic mass is 9.86. The standard InChI is InChI=1S/C14H16O/c1-11-6-2-4-8-13(11)14-9-5-3-7-12(14)10-15/h2-5,7-9,11,15H,6,10H2,1H3. The molecule has 0 spiro atoms. The van der Waals surface area contributed by atoms with Crippen LogP contribution in [0.1, 0.15) is 24.5 Å². The number of hydrogen-bond acceptors (Lipinski definition) is 1. The van der Waals surface area contributed by atoms with E-state index in [1.807, 2.05) is 18.2 Å². The second kappa shape index (κ2) is 4.45. The van der Waals surface area contributed by atoms with Crippen molar-refractivity contribution in [2.24, 2.45) is 5.92 Å². The Hall–Kier alpha value is -1.34. The third-order valence-electron chi connectivity index (χ3n) is 2.93. The Morgan fingerprint density at radius 1 is 1.33 bits per heavy atom. The smallest absolute Gasteiger partial charge is 0.0687 e.